The molecule has 2 N–H and O–H groups in total. The Balaban J connectivity index is 1.23. The van der Waals surface area contributed by atoms with E-state index in [0.717, 1.165) is 41.7 Å². The molecule has 9 nitrogen and oxygen atoms in total. The highest BCUT2D eigenvalue weighted by molar-refractivity contribution is 6.06. The highest BCUT2D eigenvalue weighted by atomic mass is 19.1. The number of hydrogen-bond acceptors (Lipinski definition) is 5. The molecule has 2 aliphatic heterocycles. The number of hydrogen-bond donors (Lipinski definition) is 2. The van der Waals surface area contributed by atoms with Crippen LogP contribution in [0.2, 0.25) is 0 Å². The third-order valence-corrected chi connectivity index (χ3v) is 8.19. The highest BCUT2D eigenvalue weighted by Gasteiger charge is 2.60. The summed E-state index contributed by atoms with van der Waals surface area (Å²) in [6.07, 6.45) is 3.26. The molecular weight excluding hydrogens is 479 g/mol. The van der Waals surface area contributed by atoms with Gasteiger partial charge in [0.15, 0.2) is 0 Å². The number of nitrogens with zero attached hydrogens (tertiary/aromatic N) is 2. The van der Waals surface area contributed by atoms with Crippen molar-refractivity contribution in [1.29, 1.82) is 0 Å². The standard InChI is InChI=1S/C27H27FN4O5/c1-29-24(35)30-19-6-7-20-17(14-19)8-11-27(20)23(34)31(25(36)37-27)15-22(33)32-21(9-10-26(32)12-13-26)16-2-4-18(28)5-3-16/h2-7,14,21H,8-13,15H2,1H3,(H2,29,30,35)/t21-,27?/m0/s1. The van der Waals surface area contributed by atoms with Crippen molar-refractivity contribution >= 4 is 29.6 Å². The number of ether oxygens (including phenoxy) is 1. The quantitative estimate of drug-likeness (QED) is 0.659. The number of carbonyl (C=O) groups is 4. The van der Waals surface area contributed by atoms with Gasteiger partial charge in [0, 0.05) is 30.3 Å². The number of likely N-dealkylation sites (tertiary alicyclic amines) is 1. The summed E-state index contributed by atoms with van der Waals surface area (Å²) in [7, 11) is 1.51. The predicted octanol–water partition coefficient (Wildman–Crippen LogP) is 3.59. The Morgan fingerprint density at radius 1 is 1.08 bits per heavy atom. The third kappa shape index (κ3) is 3.65. The molecule has 0 radical (unpaired) electrons. The first-order valence-corrected chi connectivity index (χ1v) is 12.5. The van der Waals surface area contributed by atoms with Gasteiger partial charge in [-0.15, -0.1) is 0 Å². The van der Waals surface area contributed by atoms with Gasteiger partial charge in [-0.2, -0.15) is 0 Å². The van der Waals surface area contributed by atoms with Crippen LogP contribution in [0.4, 0.5) is 19.7 Å². The Hall–Kier alpha value is -3.95. The molecule has 2 spiro atoms. The number of rotatable bonds is 4. The second kappa shape index (κ2) is 8.29. The van der Waals surface area contributed by atoms with E-state index < -0.39 is 24.1 Å². The second-order valence-electron chi connectivity index (χ2n) is 10.3. The maximum Gasteiger partial charge on any atom is 0.418 e. The lowest BCUT2D eigenvalue weighted by Gasteiger charge is -2.32. The number of fused-ring (bicyclic) bond motifs is 2. The maximum absolute atomic E-state index is 13.6. The van der Waals surface area contributed by atoms with Crippen LogP contribution >= 0.6 is 0 Å². The van der Waals surface area contributed by atoms with Gasteiger partial charge in [-0.05, 0) is 67.5 Å². The van der Waals surface area contributed by atoms with Crippen molar-refractivity contribution in [3.8, 4) is 0 Å². The summed E-state index contributed by atoms with van der Waals surface area (Å²) in [5, 5.41) is 5.18. The van der Waals surface area contributed by atoms with Crippen molar-refractivity contribution in [3.63, 3.8) is 0 Å². The monoisotopic (exact) mass is 506 g/mol. The zero-order valence-corrected chi connectivity index (χ0v) is 20.4. The van der Waals surface area contributed by atoms with Gasteiger partial charge in [0.05, 0.1) is 6.04 Å². The average Bonchev–Trinajstić information content (AvgIpc) is 3.34. The summed E-state index contributed by atoms with van der Waals surface area (Å²) >= 11 is 0. The van der Waals surface area contributed by atoms with Gasteiger partial charge in [-0.1, -0.05) is 18.2 Å². The molecule has 192 valence electrons. The van der Waals surface area contributed by atoms with Crippen LogP contribution in [0.15, 0.2) is 42.5 Å². The van der Waals surface area contributed by atoms with Crippen LogP contribution < -0.4 is 10.6 Å². The molecule has 3 fully saturated rings. The van der Waals surface area contributed by atoms with Gasteiger partial charge in [0.1, 0.15) is 12.4 Å². The van der Waals surface area contributed by atoms with Crippen LogP contribution in [0.3, 0.4) is 0 Å². The lowest BCUT2D eigenvalue weighted by atomic mass is 9.94. The molecule has 0 bridgehead atoms. The van der Waals surface area contributed by atoms with Crippen molar-refractivity contribution < 1.29 is 28.3 Å². The second-order valence-corrected chi connectivity index (χ2v) is 10.3. The zero-order valence-electron chi connectivity index (χ0n) is 20.4. The van der Waals surface area contributed by atoms with E-state index in [1.54, 1.807) is 30.3 Å². The summed E-state index contributed by atoms with van der Waals surface area (Å²) in [4.78, 5) is 54.6. The van der Waals surface area contributed by atoms with E-state index in [4.69, 9.17) is 4.74 Å². The fraction of sp³-hybridized carbons (Fsp3) is 0.407. The predicted molar refractivity (Wildman–Crippen MR) is 130 cm³/mol. The molecule has 2 aromatic carbocycles. The van der Waals surface area contributed by atoms with Crippen LogP contribution in [0.5, 0.6) is 0 Å². The van der Waals surface area contributed by atoms with Gasteiger partial charge in [-0.25, -0.2) is 18.9 Å². The fourth-order valence-corrected chi connectivity index (χ4v) is 6.20. The van der Waals surface area contributed by atoms with Crippen molar-refractivity contribution in [2.75, 3.05) is 18.9 Å². The number of imide groups is 1. The van der Waals surface area contributed by atoms with E-state index in [0.29, 0.717) is 17.7 Å². The average molecular weight is 507 g/mol. The molecule has 2 heterocycles. The molecule has 2 saturated heterocycles. The zero-order chi connectivity index (χ0) is 25.9. The fourth-order valence-electron chi connectivity index (χ4n) is 6.20. The van der Waals surface area contributed by atoms with Gasteiger partial charge in [0.2, 0.25) is 11.5 Å². The molecular formula is C27H27FN4O5. The van der Waals surface area contributed by atoms with Gasteiger partial charge in [0.25, 0.3) is 5.91 Å². The lowest BCUT2D eigenvalue weighted by molar-refractivity contribution is -0.143. The number of aryl methyl sites for hydroxylation is 1. The SMILES string of the molecule is CNC(=O)Nc1ccc2c(c1)CCC21OC(=O)N(CC(=O)N2[C@H](c3ccc(F)cc3)CCC23CC3)C1=O. The van der Waals surface area contributed by atoms with Crippen molar-refractivity contribution in [3.05, 3.63) is 65.0 Å². The molecule has 2 atom stereocenters. The molecule has 2 aliphatic carbocycles. The summed E-state index contributed by atoms with van der Waals surface area (Å²) < 4.78 is 19.2. The number of halogens is 1. The van der Waals surface area contributed by atoms with Crippen molar-refractivity contribution in [2.45, 2.75) is 55.7 Å². The normalized spacial score (nSPS) is 25.0. The molecule has 4 aliphatic rings. The first-order chi connectivity index (χ1) is 17.8. The van der Waals surface area contributed by atoms with E-state index in [9.17, 15) is 23.6 Å². The van der Waals surface area contributed by atoms with Gasteiger partial charge in [-0.3, -0.25) is 9.59 Å². The van der Waals surface area contributed by atoms with E-state index in [1.165, 1.54) is 19.2 Å². The largest absolute Gasteiger partial charge is 0.427 e. The first kappa shape index (κ1) is 23.4. The Morgan fingerprint density at radius 3 is 2.54 bits per heavy atom. The number of carbonyl (C=O) groups excluding carboxylic acids is 4. The van der Waals surface area contributed by atoms with Crippen LogP contribution in [0, 0.1) is 5.82 Å². The number of urea groups is 1. The number of amides is 5. The first-order valence-electron chi connectivity index (χ1n) is 12.5. The van der Waals surface area contributed by atoms with Crippen LogP contribution in [-0.4, -0.2) is 52.9 Å². The van der Waals surface area contributed by atoms with Gasteiger partial charge < -0.3 is 20.3 Å². The number of nitrogens with one attached hydrogen (secondary N) is 2. The third-order valence-electron chi connectivity index (χ3n) is 8.19. The van der Waals surface area contributed by atoms with Crippen molar-refractivity contribution in [2.24, 2.45) is 0 Å². The number of anilines is 1. The van der Waals surface area contributed by atoms with Crippen LogP contribution in [-0.2, 0) is 26.3 Å². The molecule has 5 amide bonds. The minimum Gasteiger partial charge on any atom is -0.427 e. The molecule has 1 unspecified atom stereocenters. The Bertz CT molecular complexity index is 1320. The van der Waals surface area contributed by atoms with Crippen LogP contribution in [0.25, 0.3) is 0 Å². The molecule has 6 rings (SSSR count). The van der Waals surface area contributed by atoms with E-state index in [2.05, 4.69) is 10.6 Å². The van der Waals surface area contributed by atoms with Crippen molar-refractivity contribution in [1.82, 2.24) is 15.1 Å². The molecule has 2 aromatic rings. The minimum absolute atomic E-state index is 0.225. The van der Waals surface area contributed by atoms with Gasteiger partial charge >= 0.3 is 12.1 Å². The Labute approximate surface area is 212 Å². The summed E-state index contributed by atoms with van der Waals surface area (Å²) in [5.74, 6) is -1.20. The summed E-state index contributed by atoms with van der Waals surface area (Å²) in [6.45, 7) is -0.398. The molecule has 0 aromatic heterocycles. The summed E-state index contributed by atoms with van der Waals surface area (Å²) in [5.41, 5.74) is 1.07. The van der Waals surface area contributed by atoms with E-state index in [1.807, 2.05) is 4.90 Å². The molecule has 1 saturated carbocycles. The lowest BCUT2D eigenvalue weighted by Crippen LogP contribution is -2.47. The molecule has 37 heavy (non-hydrogen) atoms. The smallest absolute Gasteiger partial charge is 0.418 e. The highest BCUT2D eigenvalue weighted by Crippen LogP contribution is 2.56. The Kier molecular flexibility index (Phi) is 5.25. The Morgan fingerprint density at radius 2 is 1.84 bits per heavy atom. The van der Waals surface area contributed by atoms with Crippen LogP contribution in [0.1, 0.15) is 54.8 Å². The van der Waals surface area contributed by atoms with E-state index in [-0.39, 0.29) is 35.8 Å². The van der Waals surface area contributed by atoms with E-state index >= 15 is 0 Å². The topological polar surface area (TPSA) is 108 Å². The minimum atomic E-state index is -1.46. The summed E-state index contributed by atoms with van der Waals surface area (Å²) in [6, 6.07) is 10.7. The number of benzene rings is 2. The molecule has 10 heteroatoms. The maximum atomic E-state index is 13.6.